The molecule has 2 heterocycles. The summed E-state index contributed by atoms with van der Waals surface area (Å²) in [5.41, 5.74) is 6.31. The highest BCUT2D eigenvalue weighted by Crippen LogP contribution is 2.16. The molecule has 0 saturated heterocycles. The van der Waals surface area contributed by atoms with Crippen LogP contribution in [-0.4, -0.2) is 19.7 Å². The van der Waals surface area contributed by atoms with Crippen LogP contribution in [-0.2, 0) is 6.54 Å². The molecule has 2 N–H and O–H groups in total. The average molecular weight is 238 g/mol. The Morgan fingerprint density at radius 2 is 2.06 bits per heavy atom. The van der Waals surface area contributed by atoms with E-state index in [0.717, 1.165) is 11.6 Å². The van der Waals surface area contributed by atoms with Crippen molar-refractivity contribution in [3.05, 3.63) is 34.5 Å². The molecule has 2 aromatic rings. The Balaban J connectivity index is 2.33. The average Bonchev–Trinajstić information content (AvgIpc) is 2.51. The Morgan fingerprint density at radius 1 is 1.31 bits per heavy atom. The molecule has 0 spiro atoms. The molecule has 6 heteroatoms. The zero-order valence-electron chi connectivity index (χ0n) is 9.11. The molecule has 0 bridgehead atoms. The van der Waals surface area contributed by atoms with Gasteiger partial charge in [0.25, 0.3) is 0 Å². The van der Waals surface area contributed by atoms with E-state index in [1.165, 1.54) is 0 Å². The Hall–Kier alpha value is -1.62. The minimum absolute atomic E-state index is 0.453. The van der Waals surface area contributed by atoms with Gasteiger partial charge in [0.1, 0.15) is 17.5 Å². The van der Waals surface area contributed by atoms with Crippen LogP contribution in [0.25, 0.3) is 0 Å². The van der Waals surface area contributed by atoms with Gasteiger partial charge in [0, 0.05) is 0 Å². The van der Waals surface area contributed by atoms with Gasteiger partial charge in [-0.2, -0.15) is 5.10 Å². The number of aromatic nitrogens is 4. The fourth-order valence-corrected chi connectivity index (χ4v) is 1.63. The van der Waals surface area contributed by atoms with Crippen molar-refractivity contribution in [2.45, 2.75) is 20.4 Å². The van der Waals surface area contributed by atoms with Crippen molar-refractivity contribution in [2.24, 2.45) is 0 Å². The number of hydrogen-bond acceptors (Lipinski definition) is 4. The molecular formula is C10H12ClN5. The van der Waals surface area contributed by atoms with Crippen LogP contribution in [0.15, 0.2) is 12.1 Å². The molecule has 0 aromatic carbocycles. The van der Waals surface area contributed by atoms with Crippen molar-refractivity contribution in [2.75, 3.05) is 5.73 Å². The standard InChI is InChI=1S/C10H12ClN5/c1-6-13-7(2)16(15-6)5-9-8(11)3-4-10(12)14-9/h3-4H,5H2,1-2H3,(H2,12,14). The van der Waals surface area contributed by atoms with Gasteiger partial charge in [-0.1, -0.05) is 11.6 Å². The molecule has 0 aliphatic carbocycles. The third-order valence-corrected chi connectivity index (χ3v) is 2.55. The summed E-state index contributed by atoms with van der Waals surface area (Å²) in [4.78, 5) is 8.38. The van der Waals surface area contributed by atoms with Crippen molar-refractivity contribution >= 4 is 17.4 Å². The van der Waals surface area contributed by atoms with Crippen LogP contribution in [0.3, 0.4) is 0 Å². The van der Waals surface area contributed by atoms with Crippen molar-refractivity contribution in [1.29, 1.82) is 0 Å². The molecule has 0 saturated carbocycles. The van der Waals surface area contributed by atoms with Crippen LogP contribution < -0.4 is 5.73 Å². The Kier molecular flexibility index (Phi) is 2.78. The number of hydrogen-bond donors (Lipinski definition) is 1. The van der Waals surface area contributed by atoms with E-state index in [9.17, 15) is 0 Å². The first-order valence-corrected chi connectivity index (χ1v) is 5.23. The predicted octanol–water partition coefficient (Wildman–Crippen LogP) is 1.57. The van der Waals surface area contributed by atoms with E-state index in [0.29, 0.717) is 23.1 Å². The van der Waals surface area contributed by atoms with E-state index in [2.05, 4.69) is 15.1 Å². The van der Waals surface area contributed by atoms with Gasteiger partial charge in [-0.3, -0.25) is 0 Å². The van der Waals surface area contributed by atoms with Gasteiger partial charge in [0.2, 0.25) is 0 Å². The number of halogens is 1. The molecule has 0 amide bonds. The van der Waals surface area contributed by atoms with Gasteiger partial charge >= 0.3 is 0 Å². The van der Waals surface area contributed by atoms with Crippen molar-refractivity contribution in [3.63, 3.8) is 0 Å². The normalized spacial score (nSPS) is 10.7. The number of anilines is 1. The van der Waals surface area contributed by atoms with E-state index in [4.69, 9.17) is 17.3 Å². The zero-order chi connectivity index (χ0) is 11.7. The van der Waals surface area contributed by atoms with Gasteiger partial charge in [0.15, 0.2) is 0 Å². The van der Waals surface area contributed by atoms with E-state index >= 15 is 0 Å². The number of nitrogen functional groups attached to an aromatic ring is 1. The third-order valence-electron chi connectivity index (χ3n) is 2.20. The van der Waals surface area contributed by atoms with Crippen molar-refractivity contribution < 1.29 is 0 Å². The van der Waals surface area contributed by atoms with Gasteiger partial charge < -0.3 is 5.73 Å². The first-order valence-electron chi connectivity index (χ1n) is 4.85. The van der Waals surface area contributed by atoms with Crippen molar-refractivity contribution in [1.82, 2.24) is 19.7 Å². The summed E-state index contributed by atoms with van der Waals surface area (Å²) < 4.78 is 1.75. The summed E-state index contributed by atoms with van der Waals surface area (Å²) in [6, 6.07) is 3.41. The quantitative estimate of drug-likeness (QED) is 0.861. The van der Waals surface area contributed by atoms with Gasteiger partial charge in [-0.25, -0.2) is 14.6 Å². The molecule has 2 rings (SSSR count). The highest BCUT2D eigenvalue weighted by Gasteiger charge is 2.07. The Bertz CT molecular complexity index is 520. The predicted molar refractivity (Wildman–Crippen MR) is 62.3 cm³/mol. The maximum Gasteiger partial charge on any atom is 0.147 e. The Morgan fingerprint density at radius 3 is 2.69 bits per heavy atom. The second-order valence-electron chi connectivity index (χ2n) is 3.53. The van der Waals surface area contributed by atoms with Gasteiger partial charge in [-0.15, -0.1) is 0 Å². The first kappa shape index (κ1) is 10.9. The van der Waals surface area contributed by atoms with Gasteiger partial charge in [0.05, 0.1) is 17.3 Å². The van der Waals surface area contributed by atoms with Crippen molar-refractivity contribution in [3.8, 4) is 0 Å². The summed E-state index contributed by atoms with van der Waals surface area (Å²) in [6.07, 6.45) is 0. The monoisotopic (exact) mass is 237 g/mol. The molecule has 5 nitrogen and oxygen atoms in total. The zero-order valence-corrected chi connectivity index (χ0v) is 9.86. The molecule has 2 aromatic heterocycles. The third kappa shape index (κ3) is 2.14. The summed E-state index contributed by atoms with van der Waals surface area (Å²) in [5, 5.41) is 4.83. The minimum atomic E-state index is 0.453. The molecule has 0 unspecified atom stereocenters. The minimum Gasteiger partial charge on any atom is -0.384 e. The maximum atomic E-state index is 6.03. The fraction of sp³-hybridized carbons (Fsp3) is 0.300. The molecule has 0 fully saturated rings. The fourth-order valence-electron chi connectivity index (χ4n) is 1.47. The number of nitrogens with two attached hydrogens (primary N) is 1. The van der Waals surface area contributed by atoms with Crippen LogP contribution in [0, 0.1) is 13.8 Å². The molecule has 0 atom stereocenters. The summed E-state index contributed by atoms with van der Waals surface area (Å²) in [6.45, 7) is 4.22. The smallest absolute Gasteiger partial charge is 0.147 e. The SMILES string of the molecule is Cc1nc(C)n(Cc2nc(N)ccc2Cl)n1. The number of nitrogens with zero attached hydrogens (tertiary/aromatic N) is 4. The molecule has 0 aliphatic rings. The topological polar surface area (TPSA) is 69.6 Å². The van der Waals surface area contributed by atoms with Crippen LogP contribution in [0.2, 0.25) is 5.02 Å². The van der Waals surface area contributed by atoms with E-state index < -0.39 is 0 Å². The maximum absolute atomic E-state index is 6.03. The highest BCUT2D eigenvalue weighted by atomic mass is 35.5. The van der Waals surface area contributed by atoms with Gasteiger partial charge in [-0.05, 0) is 26.0 Å². The van der Waals surface area contributed by atoms with Crippen LogP contribution in [0.1, 0.15) is 17.3 Å². The van der Waals surface area contributed by atoms with E-state index in [-0.39, 0.29) is 0 Å². The van der Waals surface area contributed by atoms with Crippen LogP contribution in [0.4, 0.5) is 5.82 Å². The number of rotatable bonds is 2. The molecular weight excluding hydrogens is 226 g/mol. The van der Waals surface area contributed by atoms with Crippen LogP contribution in [0.5, 0.6) is 0 Å². The summed E-state index contributed by atoms with van der Waals surface area (Å²) in [5.74, 6) is 2.02. The molecule has 0 aliphatic heterocycles. The summed E-state index contributed by atoms with van der Waals surface area (Å²) in [7, 11) is 0. The second-order valence-corrected chi connectivity index (χ2v) is 3.94. The number of pyridine rings is 1. The number of aryl methyl sites for hydroxylation is 2. The lowest BCUT2D eigenvalue weighted by atomic mass is 10.3. The van der Waals surface area contributed by atoms with E-state index in [1.54, 1.807) is 16.8 Å². The lowest BCUT2D eigenvalue weighted by Crippen LogP contribution is -2.07. The first-order chi connectivity index (χ1) is 7.56. The molecule has 0 radical (unpaired) electrons. The second kappa shape index (κ2) is 4.09. The molecule has 84 valence electrons. The summed E-state index contributed by atoms with van der Waals surface area (Å²) >= 11 is 6.03. The largest absolute Gasteiger partial charge is 0.384 e. The highest BCUT2D eigenvalue weighted by molar-refractivity contribution is 6.31. The lowest BCUT2D eigenvalue weighted by molar-refractivity contribution is 0.645. The lowest BCUT2D eigenvalue weighted by Gasteiger charge is -2.05. The molecule has 16 heavy (non-hydrogen) atoms. The van der Waals surface area contributed by atoms with Crippen LogP contribution >= 0.6 is 11.6 Å². The Labute approximate surface area is 98.3 Å². The van der Waals surface area contributed by atoms with E-state index in [1.807, 2.05) is 13.8 Å².